The molecule has 1 saturated carbocycles. The molecule has 0 spiro atoms. The Bertz CT molecular complexity index is 520. The first-order chi connectivity index (χ1) is 11.4. The fraction of sp³-hybridized carbons (Fsp3) is 0.800. The minimum absolute atomic E-state index is 0.0480. The van der Waals surface area contributed by atoms with Crippen molar-refractivity contribution >= 4 is 11.9 Å². The summed E-state index contributed by atoms with van der Waals surface area (Å²) in [5.74, 6) is -0.817. The predicted molar refractivity (Wildman–Crippen MR) is 96.9 cm³/mol. The Balaban J connectivity index is 2.66. The molecule has 0 aromatic heterocycles. The van der Waals surface area contributed by atoms with Crippen molar-refractivity contribution in [2.24, 2.45) is 16.2 Å². The van der Waals surface area contributed by atoms with Crippen LogP contribution in [0.4, 0.5) is 0 Å². The highest BCUT2D eigenvalue weighted by Gasteiger charge is 2.60. The molecule has 1 fully saturated rings. The largest absolute Gasteiger partial charge is 0.462 e. The lowest BCUT2D eigenvalue weighted by Gasteiger charge is -2.56. The Hall–Kier alpha value is -1.36. The number of hydrogen-bond acceptors (Lipinski definition) is 5. The van der Waals surface area contributed by atoms with Crippen molar-refractivity contribution in [2.75, 3.05) is 13.2 Å². The zero-order valence-corrected chi connectivity index (χ0v) is 16.6. The lowest BCUT2D eigenvalue weighted by atomic mass is 9.47. The molecule has 5 nitrogen and oxygen atoms in total. The fourth-order valence-electron chi connectivity index (χ4n) is 3.30. The average Bonchev–Trinajstić information content (AvgIpc) is 2.53. The molecule has 0 aromatic carbocycles. The highest BCUT2D eigenvalue weighted by atomic mass is 16.6. The third-order valence-corrected chi connectivity index (χ3v) is 5.76. The van der Waals surface area contributed by atoms with Crippen LogP contribution in [0.5, 0.6) is 0 Å². The zero-order valence-electron chi connectivity index (χ0n) is 16.6. The summed E-state index contributed by atoms with van der Waals surface area (Å²) in [7, 11) is 0. The molecular formula is C20H34O5. The first-order valence-corrected chi connectivity index (χ1v) is 9.05. The van der Waals surface area contributed by atoms with Crippen LogP contribution in [0.1, 0.15) is 67.2 Å². The molecule has 5 heteroatoms. The smallest absolute Gasteiger partial charge is 0.333 e. The van der Waals surface area contributed by atoms with E-state index in [0.29, 0.717) is 0 Å². The minimum Gasteiger partial charge on any atom is -0.462 e. The molecule has 0 aliphatic heterocycles. The molecule has 0 radical (unpaired) electrons. The second-order valence-corrected chi connectivity index (χ2v) is 8.79. The summed E-state index contributed by atoms with van der Waals surface area (Å²) in [5, 5.41) is 9.91. The van der Waals surface area contributed by atoms with E-state index in [2.05, 4.69) is 41.2 Å². The first kappa shape index (κ1) is 21.7. The second-order valence-electron chi connectivity index (χ2n) is 8.79. The van der Waals surface area contributed by atoms with Crippen LogP contribution in [0.25, 0.3) is 0 Å². The van der Waals surface area contributed by atoms with Gasteiger partial charge in [0.15, 0.2) is 0 Å². The Morgan fingerprint density at radius 3 is 2.16 bits per heavy atom. The van der Waals surface area contributed by atoms with Gasteiger partial charge >= 0.3 is 11.9 Å². The molecule has 0 heterocycles. The summed E-state index contributed by atoms with van der Waals surface area (Å²) in [6.45, 7) is 15.3. The zero-order chi connectivity index (χ0) is 19.5. The molecule has 1 aliphatic carbocycles. The van der Waals surface area contributed by atoms with E-state index < -0.39 is 17.5 Å². The maximum Gasteiger partial charge on any atom is 0.333 e. The van der Waals surface area contributed by atoms with Crippen LogP contribution >= 0.6 is 0 Å². The maximum atomic E-state index is 12.9. The van der Waals surface area contributed by atoms with Crippen molar-refractivity contribution in [3.63, 3.8) is 0 Å². The number of aliphatic hydroxyl groups is 1. The van der Waals surface area contributed by atoms with Gasteiger partial charge in [-0.1, -0.05) is 47.6 Å². The van der Waals surface area contributed by atoms with E-state index >= 15 is 0 Å². The molecule has 144 valence electrons. The van der Waals surface area contributed by atoms with Gasteiger partial charge in [-0.3, -0.25) is 4.79 Å². The Morgan fingerprint density at radius 1 is 1.20 bits per heavy atom. The number of ether oxygens (including phenoxy) is 2. The molecule has 0 amide bonds. The van der Waals surface area contributed by atoms with Gasteiger partial charge in [-0.15, -0.1) is 0 Å². The molecule has 2 unspecified atom stereocenters. The van der Waals surface area contributed by atoms with Crippen LogP contribution in [0, 0.1) is 16.2 Å². The number of hydrogen-bond donors (Lipinski definition) is 1. The SMILES string of the molecule is C=C(C)C(=O)OCC(O)COC(=O)C1(CC(C)(C)CC)CCC1(C)C. The topological polar surface area (TPSA) is 72.8 Å². The molecule has 1 rings (SSSR count). The number of rotatable bonds is 9. The van der Waals surface area contributed by atoms with E-state index in [9.17, 15) is 14.7 Å². The Morgan fingerprint density at radius 2 is 1.76 bits per heavy atom. The summed E-state index contributed by atoms with van der Waals surface area (Å²) in [4.78, 5) is 24.2. The fourth-order valence-corrected chi connectivity index (χ4v) is 3.30. The van der Waals surface area contributed by atoms with Crippen molar-refractivity contribution in [1.29, 1.82) is 0 Å². The van der Waals surface area contributed by atoms with Crippen molar-refractivity contribution < 1.29 is 24.2 Å². The molecule has 1 aliphatic rings. The lowest BCUT2D eigenvalue weighted by molar-refractivity contribution is -0.187. The van der Waals surface area contributed by atoms with Gasteiger partial charge in [0.25, 0.3) is 0 Å². The quantitative estimate of drug-likeness (QED) is 0.505. The van der Waals surface area contributed by atoms with Crippen LogP contribution in [0.3, 0.4) is 0 Å². The first-order valence-electron chi connectivity index (χ1n) is 9.05. The van der Waals surface area contributed by atoms with Crippen molar-refractivity contribution in [1.82, 2.24) is 0 Å². The van der Waals surface area contributed by atoms with Gasteiger partial charge in [0.05, 0.1) is 5.41 Å². The third kappa shape index (κ3) is 5.06. The van der Waals surface area contributed by atoms with Crippen LogP contribution in [0.2, 0.25) is 0 Å². The van der Waals surface area contributed by atoms with E-state index in [-0.39, 0.29) is 35.6 Å². The molecular weight excluding hydrogens is 320 g/mol. The number of aliphatic hydroxyl groups excluding tert-OH is 1. The summed E-state index contributed by atoms with van der Waals surface area (Å²) in [5.41, 5.74) is -0.318. The molecule has 0 bridgehead atoms. The Labute approximate surface area is 151 Å². The predicted octanol–water partition coefficient (Wildman–Crippen LogP) is 3.64. The summed E-state index contributed by atoms with van der Waals surface area (Å²) < 4.78 is 10.3. The average molecular weight is 354 g/mol. The highest BCUT2D eigenvalue weighted by molar-refractivity contribution is 5.86. The molecule has 25 heavy (non-hydrogen) atoms. The van der Waals surface area contributed by atoms with Gasteiger partial charge in [0.2, 0.25) is 0 Å². The standard InChI is InChI=1S/C20H34O5/c1-8-18(4,5)13-20(10-9-19(20,6)7)17(23)25-12-15(21)11-24-16(22)14(2)3/h15,21H,2,8-13H2,1,3-7H3. The number of carbonyl (C=O) groups excluding carboxylic acids is 2. The van der Waals surface area contributed by atoms with Gasteiger partial charge in [-0.05, 0) is 37.0 Å². The van der Waals surface area contributed by atoms with Crippen LogP contribution < -0.4 is 0 Å². The summed E-state index contributed by atoms with van der Waals surface area (Å²) in [6, 6.07) is 0. The van der Waals surface area contributed by atoms with Gasteiger partial charge in [-0.2, -0.15) is 0 Å². The number of carbonyl (C=O) groups is 2. The third-order valence-electron chi connectivity index (χ3n) is 5.76. The van der Waals surface area contributed by atoms with Gasteiger partial charge in [0.1, 0.15) is 19.3 Å². The van der Waals surface area contributed by atoms with Crippen LogP contribution in [0.15, 0.2) is 12.2 Å². The van der Waals surface area contributed by atoms with E-state index in [1.165, 1.54) is 6.92 Å². The molecule has 0 aromatic rings. The van der Waals surface area contributed by atoms with E-state index in [4.69, 9.17) is 9.47 Å². The van der Waals surface area contributed by atoms with Crippen molar-refractivity contribution in [3.8, 4) is 0 Å². The van der Waals surface area contributed by atoms with Crippen LogP contribution in [-0.4, -0.2) is 36.4 Å². The van der Waals surface area contributed by atoms with E-state index in [0.717, 1.165) is 25.7 Å². The summed E-state index contributed by atoms with van der Waals surface area (Å²) in [6.07, 6.45) is 2.51. The minimum atomic E-state index is -1.04. The monoisotopic (exact) mass is 354 g/mol. The normalized spacial score (nSPS) is 23.3. The maximum absolute atomic E-state index is 12.9. The summed E-state index contributed by atoms with van der Waals surface area (Å²) >= 11 is 0. The van der Waals surface area contributed by atoms with E-state index in [1.807, 2.05) is 0 Å². The van der Waals surface area contributed by atoms with Gasteiger partial charge in [0, 0.05) is 5.57 Å². The van der Waals surface area contributed by atoms with Gasteiger partial charge in [-0.25, -0.2) is 4.79 Å². The van der Waals surface area contributed by atoms with Gasteiger partial charge < -0.3 is 14.6 Å². The molecule has 2 atom stereocenters. The second kappa shape index (κ2) is 7.90. The molecule has 1 N–H and O–H groups in total. The molecule has 0 saturated heterocycles. The Kier molecular flexibility index (Phi) is 6.85. The number of esters is 2. The lowest BCUT2D eigenvalue weighted by Crippen LogP contribution is -2.55. The van der Waals surface area contributed by atoms with Crippen molar-refractivity contribution in [3.05, 3.63) is 12.2 Å². The van der Waals surface area contributed by atoms with E-state index in [1.54, 1.807) is 0 Å². The van der Waals surface area contributed by atoms with Crippen LogP contribution in [-0.2, 0) is 19.1 Å². The highest BCUT2D eigenvalue weighted by Crippen LogP contribution is 2.62. The van der Waals surface area contributed by atoms with Crippen molar-refractivity contribution in [2.45, 2.75) is 73.3 Å².